The number of aromatic nitrogens is 1. The Labute approximate surface area is 98.9 Å². The standard InChI is InChI=1S/C12H14N2OS/c1-2-12-14-9(8-16-12)7-15-11-6-4-3-5-10(11)13/h3-6,8H,2,7,13H2,1H3. The van der Waals surface area contributed by atoms with Gasteiger partial charge in [-0.1, -0.05) is 19.1 Å². The lowest BCUT2D eigenvalue weighted by Crippen LogP contribution is -1.98. The van der Waals surface area contributed by atoms with Crippen molar-refractivity contribution < 1.29 is 4.74 Å². The van der Waals surface area contributed by atoms with Gasteiger partial charge in [-0.15, -0.1) is 11.3 Å². The number of nitrogens with two attached hydrogens (primary N) is 1. The third-order valence-corrected chi connectivity index (χ3v) is 3.24. The molecule has 0 bridgehead atoms. The number of thiazole rings is 1. The number of ether oxygens (including phenoxy) is 1. The van der Waals surface area contributed by atoms with E-state index in [0.29, 0.717) is 18.0 Å². The third kappa shape index (κ3) is 2.52. The number of anilines is 1. The second kappa shape index (κ2) is 4.99. The van der Waals surface area contributed by atoms with Gasteiger partial charge >= 0.3 is 0 Å². The zero-order valence-corrected chi connectivity index (χ0v) is 9.96. The monoisotopic (exact) mass is 234 g/mol. The summed E-state index contributed by atoms with van der Waals surface area (Å²) in [4.78, 5) is 4.43. The van der Waals surface area contributed by atoms with E-state index in [1.807, 2.05) is 29.6 Å². The average molecular weight is 234 g/mol. The molecule has 0 aliphatic rings. The van der Waals surface area contributed by atoms with E-state index in [9.17, 15) is 0 Å². The van der Waals surface area contributed by atoms with Crippen molar-refractivity contribution in [2.24, 2.45) is 0 Å². The second-order valence-corrected chi connectivity index (χ2v) is 4.36. The molecule has 1 aromatic heterocycles. The predicted octanol–water partition coefficient (Wildman–Crippen LogP) is 2.87. The first-order valence-electron chi connectivity index (χ1n) is 5.20. The minimum Gasteiger partial charge on any atom is -0.485 e. The molecule has 0 saturated heterocycles. The SMILES string of the molecule is CCc1nc(COc2ccccc2N)cs1. The van der Waals surface area contributed by atoms with Crippen LogP contribution in [0.3, 0.4) is 0 Å². The van der Waals surface area contributed by atoms with Gasteiger partial charge in [0.25, 0.3) is 0 Å². The molecule has 0 spiro atoms. The molecule has 0 atom stereocenters. The number of hydrogen-bond acceptors (Lipinski definition) is 4. The van der Waals surface area contributed by atoms with Gasteiger partial charge < -0.3 is 10.5 Å². The van der Waals surface area contributed by atoms with Crippen LogP contribution in [-0.4, -0.2) is 4.98 Å². The summed E-state index contributed by atoms with van der Waals surface area (Å²) in [6, 6.07) is 7.49. The van der Waals surface area contributed by atoms with Crippen molar-refractivity contribution in [1.29, 1.82) is 0 Å². The van der Waals surface area contributed by atoms with Crippen LogP contribution in [0.5, 0.6) is 5.75 Å². The topological polar surface area (TPSA) is 48.1 Å². The Kier molecular flexibility index (Phi) is 3.41. The van der Waals surface area contributed by atoms with Crippen LogP contribution in [0.4, 0.5) is 5.69 Å². The van der Waals surface area contributed by atoms with E-state index in [2.05, 4.69) is 11.9 Å². The van der Waals surface area contributed by atoms with Gasteiger partial charge in [-0.05, 0) is 18.6 Å². The Morgan fingerprint density at radius 1 is 1.38 bits per heavy atom. The van der Waals surface area contributed by atoms with Gasteiger partial charge in [-0.25, -0.2) is 4.98 Å². The third-order valence-electron chi connectivity index (χ3n) is 2.20. The van der Waals surface area contributed by atoms with E-state index < -0.39 is 0 Å². The van der Waals surface area contributed by atoms with Crippen LogP contribution in [0.15, 0.2) is 29.6 Å². The van der Waals surface area contributed by atoms with Gasteiger partial charge in [0.2, 0.25) is 0 Å². The van der Waals surface area contributed by atoms with Crippen molar-refractivity contribution in [3.8, 4) is 5.75 Å². The van der Waals surface area contributed by atoms with Crippen molar-refractivity contribution in [2.45, 2.75) is 20.0 Å². The zero-order valence-electron chi connectivity index (χ0n) is 9.14. The molecule has 1 heterocycles. The van der Waals surface area contributed by atoms with E-state index in [4.69, 9.17) is 10.5 Å². The van der Waals surface area contributed by atoms with Crippen molar-refractivity contribution in [3.05, 3.63) is 40.3 Å². The molecule has 0 radical (unpaired) electrons. The van der Waals surface area contributed by atoms with Crippen LogP contribution < -0.4 is 10.5 Å². The van der Waals surface area contributed by atoms with Crippen LogP contribution in [0.25, 0.3) is 0 Å². The van der Waals surface area contributed by atoms with Crippen LogP contribution >= 0.6 is 11.3 Å². The fourth-order valence-corrected chi connectivity index (χ4v) is 2.07. The van der Waals surface area contributed by atoms with Crippen LogP contribution in [-0.2, 0) is 13.0 Å². The molecular weight excluding hydrogens is 220 g/mol. The number of para-hydroxylation sites is 2. The first-order chi connectivity index (χ1) is 7.79. The fourth-order valence-electron chi connectivity index (χ4n) is 1.34. The highest BCUT2D eigenvalue weighted by Gasteiger charge is 2.03. The highest BCUT2D eigenvalue weighted by Crippen LogP contribution is 2.21. The summed E-state index contributed by atoms with van der Waals surface area (Å²) >= 11 is 1.67. The van der Waals surface area contributed by atoms with Gasteiger partial charge in [-0.2, -0.15) is 0 Å². The Bertz CT molecular complexity index is 468. The van der Waals surface area contributed by atoms with Crippen LogP contribution in [0.1, 0.15) is 17.6 Å². The molecule has 4 heteroatoms. The lowest BCUT2D eigenvalue weighted by Gasteiger charge is -2.06. The Morgan fingerprint density at radius 3 is 2.88 bits per heavy atom. The molecule has 0 unspecified atom stereocenters. The number of benzene rings is 1. The van der Waals surface area contributed by atoms with E-state index >= 15 is 0 Å². The molecule has 0 amide bonds. The Balaban J connectivity index is 1.99. The summed E-state index contributed by atoms with van der Waals surface area (Å²) in [7, 11) is 0. The van der Waals surface area contributed by atoms with E-state index in [0.717, 1.165) is 17.1 Å². The first-order valence-corrected chi connectivity index (χ1v) is 6.08. The summed E-state index contributed by atoms with van der Waals surface area (Å²) < 4.78 is 5.60. The van der Waals surface area contributed by atoms with E-state index in [-0.39, 0.29) is 0 Å². The molecule has 0 saturated carbocycles. The molecule has 2 N–H and O–H groups in total. The second-order valence-electron chi connectivity index (χ2n) is 3.41. The Hall–Kier alpha value is -1.55. The summed E-state index contributed by atoms with van der Waals surface area (Å²) in [6.45, 7) is 2.57. The summed E-state index contributed by atoms with van der Waals surface area (Å²) in [5.41, 5.74) is 7.40. The van der Waals surface area contributed by atoms with Gasteiger partial charge in [0.1, 0.15) is 12.4 Å². The fraction of sp³-hybridized carbons (Fsp3) is 0.250. The number of nitrogens with zero attached hydrogens (tertiary/aromatic N) is 1. The van der Waals surface area contributed by atoms with Crippen LogP contribution in [0, 0.1) is 0 Å². The van der Waals surface area contributed by atoms with Crippen molar-refractivity contribution in [1.82, 2.24) is 4.98 Å². The molecule has 0 fully saturated rings. The van der Waals surface area contributed by atoms with Crippen LogP contribution in [0.2, 0.25) is 0 Å². The molecule has 16 heavy (non-hydrogen) atoms. The summed E-state index contributed by atoms with van der Waals surface area (Å²) in [5, 5.41) is 3.16. The molecular formula is C12H14N2OS. The van der Waals surface area contributed by atoms with Crippen molar-refractivity contribution >= 4 is 17.0 Å². The molecule has 1 aromatic carbocycles. The maximum atomic E-state index is 5.77. The number of hydrogen-bond donors (Lipinski definition) is 1. The number of nitrogen functional groups attached to an aromatic ring is 1. The Morgan fingerprint density at radius 2 is 2.19 bits per heavy atom. The average Bonchev–Trinajstić information content (AvgIpc) is 2.76. The molecule has 84 valence electrons. The minimum absolute atomic E-state index is 0.477. The zero-order chi connectivity index (χ0) is 11.4. The highest BCUT2D eigenvalue weighted by atomic mass is 32.1. The molecule has 0 aliphatic carbocycles. The normalized spacial score (nSPS) is 10.3. The van der Waals surface area contributed by atoms with Gasteiger partial charge in [0.15, 0.2) is 0 Å². The predicted molar refractivity (Wildman–Crippen MR) is 66.7 cm³/mol. The maximum absolute atomic E-state index is 5.77. The lowest BCUT2D eigenvalue weighted by molar-refractivity contribution is 0.303. The van der Waals surface area contributed by atoms with E-state index in [1.165, 1.54) is 0 Å². The van der Waals surface area contributed by atoms with Gasteiger partial charge in [-0.3, -0.25) is 0 Å². The molecule has 2 aromatic rings. The number of aryl methyl sites for hydroxylation is 1. The first kappa shape index (κ1) is 11.0. The minimum atomic E-state index is 0.477. The van der Waals surface area contributed by atoms with E-state index in [1.54, 1.807) is 11.3 Å². The van der Waals surface area contributed by atoms with Crippen molar-refractivity contribution in [3.63, 3.8) is 0 Å². The van der Waals surface area contributed by atoms with Crippen molar-refractivity contribution in [2.75, 3.05) is 5.73 Å². The summed E-state index contributed by atoms with van der Waals surface area (Å²) in [5.74, 6) is 0.716. The highest BCUT2D eigenvalue weighted by molar-refractivity contribution is 7.09. The number of rotatable bonds is 4. The largest absolute Gasteiger partial charge is 0.485 e. The molecule has 3 nitrogen and oxygen atoms in total. The molecule has 0 aliphatic heterocycles. The maximum Gasteiger partial charge on any atom is 0.142 e. The summed E-state index contributed by atoms with van der Waals surface area (Å²) in [6.07, 6.45) is 0.970. The molecule has 2 rings (SSSR count). The van der Waals surface area contributed by atoms with Gasteiger partial charge in [0.05, 0.1) is 16.4 Å². The smallest absolute Gasteiger partial charge is 0.142 e. The van der Waals surface area contributed by atoms with Gasteiger partial charge in [0, 0.05) is 5.38 Å². The lowest BCUT2D eigenvalue weighted by atomic mass is 10.3. The quantitative estimate of drug-likeness (QED) is 0.827.